The summed E-state index contributed by atoms with van der Waals surface area (Å²) in [5.41, 5.74) is 5.43. The average molecular weight is 619 g/mol. The fourth-order valence-electron chi connectivity index (χ4n) is 7.10. The standard InChI is InChI=1S/C38H36ClFN4O/c39-34-12-7-13-35-31(34)18-19-36(42-35)44-24-22-43(23-25-44)21-6-5-20-38(37(45)41-26-27-14-16-28(40)17-15-27)32-10-3-1-8-29(32)30-9-2-4-11-33(30)38/h1-4,7-19H,5-6,20-26H2,(H,41,45). The van der Waals surface area contributed by atoms with Crippen LogP contribution >= 0.6 is 11.6 Å². The van der Waals surface area contributed by atoms with Crippen molar-refractivity contribution in [1.82, 2.24) is 15.2 Å². The Bertz CT molecular complexity index is 1790. The molecule has 2 heterocycles. The third-order valence-corrected chi connectivity index (χ3v) is 9.78. The van der Waals surface area contributed by atoms with Crippen LogP contribution in [0, 0.1) is 5.82 Å². The van der Waals surface area contributed by atoms with Gasteiger partial charge in [0.15, 0.2) is 0 Å². The topological polar surface area (TPSA) is 48.5 Å². The number of nitrogens with zero attached hydrogens (tertiary/aromatic N) is 3. The van der Waals surface area contributed by atoms with Gasteiger partial charge in [-0.1, -0.05) is 84.8 Å². The Hall–Kier alpha value is -4.26. The van der Waals surface area contributed by atoms with Gasteiger partial charge in [0.2, 0.25) is 5.91 Å². The number of carbonyl (C=O) groups is 1. The number of benzene rings is 4. The molecule has 5 aromatic rings. The Morgan fingerprint density at radius 2 is 1.49 bits per heavy atom. The van der Waals surface area contributed by atoms with Crippen LogP contribution in [0.4, 0.5) is 10.2 Å². The van der Waals surface area contributed by atoms with Crippen LogP contribution < -0.4 is 10.2 Å². The predicted octanol–water partition coefficient (Wildman–Crippen LogP) is 7.60. The van der Waals surface area contributed by atoms with E-state index in [2.05, 4.69) is 51.5 Å². The number of amides is 1. The molecule has 0 unspecified atom stereocenters. The van der Waals surface area contributed by atoms with Gasteiger partial charge < -0.3 is 10.2 Å². The van der Waals surface area contributed by atoms with Gasteiger partial charge >= 0.3 is 0 Å². The molecule has 0 bridgehead atoms. The molecule has 1 amide bonds. The Kier molecular flexibility index (Phi) is 8.26. The number of aromatic nitrogens is 1. The number of unbranched alkanes of at least 4 members (excludes halogenated alkanes) is 1. The summed E-state index contributed by atoms with van der Waals surface area (Å²) >= 11 is 6.34. The minimum Gasteiger partial charge on any atom is -0.354 e. The Balaban J connectivity index is 1.02. The highest BCUT2D eigenvalue weighted by molar-refractivity contribution is 6.35. The quantitative estimate of drug-likeness (QED) is 0.173. The number of fused-ring (bicyclic) bond motifs is 4. The van der Waals surface area contributed by atoms with Crippen LogP contribution in [-0.2, 0) is 16.8 Å². The molecule has 0 atom stereocenters. The van der Waals surface area contributed by atoms with Crippen molar-refractivity contribution in [2.45, 2.75) is 31.2 Å². The molecule has 0 radical (unpaired) electrons. The van der Waals surface area contributed by atoms with Gasteiger partial charge in [-0.05, 0) is 83.6 Å². The molecule has 2 aliphatic rings. The first kappa shape index (κ1) is 29.5. The van der Waals surface area contributed by atoms with E-state index in [1.54, 1.807) is 12.1 Å². The van der Waals surface area contributed by atoms with Crippen molar-refractivity contribution >= 4 is 34.2 Å². The molecule has 4 aromatic carbocycles. The van der Waals surface area contributed by atoms with E-state index in [1.807, 2.05) is 42.5 Å². The van der Waals surface area contributed by atoms with E-state index in [0.717, 1.165) is 102 Å². The molecule has 0 spiro atoms. The van der Waals surface area contributed by atoms with E-state index in [1.165, 1.54) is 12.1 Å². The lowest BCUT2D eigenvalue weighted by Crippen LogP contribution is -2.47. The van der Waals surface area contributed by atoms with Crippen molar-refractivity contribution in [1.29, 1.82) is 0 Å². The zero-order chi connectivity index (χ0) is 30.8. The Morgan fingerprint density at radius 1 is 0.800 bits per heavy atom. The highest BCUT2D eigenvalue weighted by Gasteiger charge is 2.48. The maximum absolute atomic E-state index is 14.3. The first-order chi connectivity index (χ1) is 22.0. The molecule has 1 aromatic heterocycles. The minimum atomic E-state index is -0.767. The molecule has 1 saturated heterocycles. The third kappa shape index (κ3) is 5.69. The van der Waals surface area contributed by atoms with Crippen molar-refractivity contribution in [3.63, 3.8) is 0 Å². The number of hydrogen-bond donors (Lipinski definition) is 1. The van der Waals surface area contributed by atoms with Gasteiger partial charge in [0.25, 0.3) is 0 Å². The zero-order valence-corrected chi connectivity index (χ0v) is 25.9. The molecule has 1 fully saturated rings. The Morgan fingerprint density at radius 3 is 2.20 bits per heavy atom. The SMILES string of the molecule is O=C(NCc1ccc(F)cc1)C1(CCCCN2CCN(c3ccc4c(Cl)cccc4n3)CC2)c2ccccc2-c2ccccc21. The monoisotopic (exact) mass is 618 g/mol. The predicted molar refractivity (Wildman–Crippen MR) is 180 cm³/mol. The summed E-state index contributed by atoms with van der Waals surface area (Å²) in [5.74, 6) is 0.718. The van der Waals surface area contributed by atoms with E-state index in [9.17, 15) is 9.18 Å². The minimum absolute atomic E-state index is 0.00186. The van der Waals surface area contributed by atoms with Gasteiger partial charge in [0.05, 0.1) is 5.52 Å². The highest BCUT2D eigenvalue weighted by atomic mass is 35.5. The fraction of sp³-hybridized carbons (Fsp3) is 0.263. The lowest BCUT2D eigenvalue weighted by atomic mass is 9.73. The first-order valence-electron chi connectivity index (χ1n) is 15.8. The summed E-state index contributed by atoms with van der Waals surface area (Å²) in [7, 11) is 0. The van der Waals surface area contributed by atoms with Crippen molar-refractivity contribution in [2.24, 2.45) is 0 Å². The molecular formula is C38H36ClFN4O. The van der Waals surface area contributed by atoms with Gasteiger partial charge in [-0.15, -0.1) is 0 Å². The number of nitrogens with one attached hydrogen (secondary N) is 1. The van der Waals surface area contributed by atoms with Crippen LogP contribution in [0.5, 0.6) is 0 Å². The van der Waals surface area contributed by atoms with E-state index < -0.39 is 5.41 Å². The van der Waals surface area contributed by atoms with Crippen LogP contribution in [0.2, 0.25) is 5.02 Å². The van der Waals surface area contributed by atoms with Crippen LogP contribution in [0.15, 0.2) is 103 Å². The first-order valence-corrected chi connectivity index (χ1v) is 16.2. The number of pyridine rings is 1. The Labute approximate surface area is 268 Å². The number of rotatable bonds is 9. The van der Waals surface area contributed by atoms with E-state index in [-0.39, 0.29) is 11.7 Å². The van der Waals surface area contributed by atoms with Gasteiger partial charge in [-0.3, -0.25) is 9.69 Å². The van der Waals surface area contributed by atoms with Crippen LogP contribution in [0.1, 0.15) is 36.0 Å². The normalized spacial score (nSPS) is 15.6. The fourth-order valence-corrected chi connectivity index (χ4v) is 7.33. The van der Waals surface area contributed by atoms with Crippen LogP contribution in [-0.4, -0.2) is 48.5 Å². The van der Waals surface area contributed by atoms with E-state index in [4.69, 9.17) is 16.6 Å². The smallest absolute Gasteiger partial charge is 0.235 e. The maximum atomic E-state index is 14.3. The largest absolute Gasteiger partial charge is 0.354 e. The molecule has 1 aliphatic heterocycles. The molecule has 45 heavy (non-hydrogen) atoms. The summed E-state index contributed by atoms with van der Waals surface area (Å²) < 4.78 is 13.5. The lowest BCUT2D eigenvalue weighted by molar-refractivity contribution is -0.125. The number of carbonyl (C=O) groups excluding carboxylic acids is 1. The second-order valence-electron chi connectivity index (χ2n) is 12.1. The maximum Gasteiger partial charge on any atom is 0.235 e. The van der Waals surface area contributed by atoms with Gasteiger partial charge in [0, 0.05) is 43.1 Å². The molecule has 5 nitrogen and oxygen atoms in total. The summed E-state index contributed by atoms with van der Waals surface area (Å²) in [6, 6.07) is 33.0. The molecule has 228 valence electrons. The number of anilines is 1. The second-order valence-corrected chi connectivity index (χ2v) is 12.5. The van der Waals surface area contributed by atoms with Crippen molar-refractivity contribution in [2.75, 3.05) is 37.6 Å². The highest BCUT2D eigenvalue weighted by Crippen LogP contribution is 2.51. The van der Waals surface area contributed by atoms with Gasteiger partial charge in [-0.25, -0.2) is 9.37 Å². The van der Waals surface area contributed by atoms with Crippen molar-refractivity contribution in [3.8, 4) is 11.1 Å². The van der Waals surface area contributed by atoms with Crippen LogP contribution in [0.25, 0.3) is 22.0 Å². The third-order valence-electron chi connectivity index (χ3n) is 9.45. The van der Waals surface area contributed by atoms with E-state index >= 15 is 0 Å². The van der Waals surface area contributed by atoms with Crippen LogP contribution in [0.3, 0.4) is 0 Å². The summed E-state index contributed by atoms with van der Waals surface area (Å²) in [6.07, 6.45) is 2.64. The summed E-state index contributed by atoms with van der Waals surface area (Å²) in [5, 5.41) is 4.93. The van der Waals surface area contributed by atoms with E-state index in [0.29, 0.717) is 6.54 Å². The molecular weight excluding hydrogens is 583 g/mol. The summed E-state index contributed by atoms with van der Waals surface area (Å²) in [4.78, 5) is 24.0. The average Bonchev–Trinajstić information content (AvgIpc) is 3.37. The van der Waals surface area contributed by atoms with Gasteiger partial charge in [-0.2, -0.15) is 0 Å². The molecule has 0 saturated carbocycles. The summed E-state index contributed by atoms with van der Waals surface area (Å²) in [6.45, 7) is 5.15. The molecule has 1 aliphatic carbocycles. The zero-order valence-electron chi connectivity index (χ0n) is 25.2. The van der Waals surface area contributed by atoms with Crippen molar-refractivity contribution in [3.05, 3.63) is 131 Å². The second kappa shape index (κ2) is 12.6. The van der Waals surface area contributed by atoms with Crippen molar-refractivity contribution < 1.29 is 9.18 Å². The molecule has 7 rings (SSSR count). The lowest BCUT2D eigenvalue weighted by Gasteiger charge is -2.36. The molecule has 1 N–H and O–H groups in total. The number of hydrogen-bond acceptors (Lipinski definition) is 4. The molecule has 7 heteroatoms. The van der Waals surface area contributed by atoms with Gasteiger partial charge in [0.1, 0.15) is 17.1 Å². The number of piperazine rings is 1. The number of halogens is 2.